The third-order valence-corrected chi connectivity index (χ3v) is 4.19. The highest BCUT2D eigenvalue weighted by Gasteiger charge is 2.32. The van der Waals surface area contributed by atoms with Gasteiger partial charge in [-0.05, 0) is 30.2 Å². The molecule has 1 saturated heterocycles. The van der Waals surface area contributed by atoms with E-state index in [-0.39, 0.29) is 36.9 Å². The van der Waals surface area contributed by atoms with Gasteiger partial charge in [0.1, 0.15) is 5.82 Å². The van der Waals surface area contributed by atoms with E-state index in [0.29, 0.717) is 25.6 Å². The van der Waals surface area contributed by atoms with Crippen LogP contribution in [-0.2, 0) is 27.0 Å². The third kappa shape index (κ3) is 5.42. The van der Waals surface area contributed by atoms with Crippen molar-refractivity contribution in [3.8, 4) is 0 Å². The first kappa shape index (κ1) is 20.2. The lowest BCUT2D eigenvalue weighted by atomic mass is 9.96. The van der Waals surface area contributed by atoms with E-state index >= 15 is 0 Å². The predicted molar refractivity (Wildman–Crippen MR) is 84.4 cm³/mol. The van der Waals surface area contributed by atoms with Gasteiger partial charge in [-0.15, -0.1) is 0 Å². The van der Waals surface area contributed by atoms with Gasteiger partial charge in [0.2, 0.25) is 11.8 Å². The largest absolute Gasteiger partial charge is 0.416 e. The van der Waals surface area contributed by atoms with Crippen LogP contribution < -0.4 is 5.32 Å². The van der Waals surface area contributed by atoms with Gasteiger partial charge in [-0.25, -0.2) is 4.39 Å². The number of hydrogen-bond acceptors (Lipinski definition) is 3. The standard InChI is InChI=1S/C17H20F4N2O3/c1-26-5-4-23-10-12(2-3-15(23)24)16(25)22-9-11-6-13(17(19,20)21)8-14(18)7-11/h6-8,12H,2-5,9-10H2,1H3,(H,22,25). The number of carbonyl (C=O) groups is 2. The molecule has 0 radical (unpaired) electrons. The molecule has 0 bridgehead atoms. The first-order valence-corrected chi connectivity index (χ1v) is 8.12. The zero-order chi connectivity index (χ0) is 19.3. The normalized spacial score (nSPS) is 18.1. The molecule has 1 aliphatic rings. The van der Waals surface area contributed by atoms with Crippen molar-refractivity contribution in [2.45, 2.75) is 25.6 Å². The van der Waals surface area contributed by atoms with Gasteiger partial charge >= 0.3 is 6.18 Å². The molecule has 1 aliphatic heterocycles. The number of likely N-dealkylation sites (tertiary alicyclic amines) is 1. The lowest BCUT2D eigenvalue weighted by Gasteiger charge is -2.31. The maximum atomic E-state index is 13.4. The van der Waals surface area contributed by atoms with Gasteiger partial charge in [-0.1, -0.05) is 0 Å². The summed E-state index contributed by atoms with van der Waals surface area (Å²) >= 11 is 0. The Hall–Kier alpha value is -2.16. The summed E-state index contributed by atoms with van der Waals surface area (Å²) in [7, 11) is 1.51. The van der Waals surface area contributed by atoms with Crippen molar-refractivity contribution in [1.82, 2.24) is 10.2 Å². The zero-order valence-corrected chi connectivity index (χ0v) is 14.2. The summed E-state index contributed by atoms with van der Waals surface area (Å²) in [4.78, 5) is 25.6. The van der Waals surface area contributed by atoms with E-state index in [4.69, 9.17) is 4.74 Å². The van der Waals surface area contributed by atoms with Crippen molar-refractivity contribution in [2.24, 2.45) is 5.92 Å². The number of benzene rings is 1. The van der Waals surface area contributed by atoms with Crippen molar-refractivity contribution in [1.29, 1.82) is 0 Å². The van der Waals surface area contributed by atoms with Crippen LogP contribution in [0.5, 0.6) is 0 Å². The van der Waals surface area contributed by atoms with Gasteiger partial charge in [-0.2, -0.15) is 13.2 Å². The van der Waals surface area contributed by atoms with Crippen LogP contribution in [0.25, 0.3) is 0 Å². The van der Waals surface area contributed by atoms with Crippen LogP contribution in [0.4, 0.5) is 17.6 Å². The lowest BCUT2D eigenvalue weighted by Crippen LogP contribution is -2.46. The summed E-state index contributed by atoms with van der Waals surface area (Å²) < 4.78 is 56.5. The van der Waals surface area contributed by atoms with Crippen LogP contribution in [0, 0.1) is 11.7 Å². The topological polar surface area (TPSA) is 58.6 Å². The molecule has 5 nitrogen and oxygen atoms in total. The fourth-order valence-electron chi connectivity index (χ4n) is 2.80. The van der Waals surface area contributed by atoms with E-state index in [1.54, 1.807) is 0 Å². The molecular formula is C17H20F4N2O3. The van der Waals surface area contributed by atoms with Gasteiger partial charge in [0.25, 0.3) is 0 Å². The van der Waals surface area contributed by atoms with Crippen LogP contribution in [0.3, 0.4) is 0 Å². The van der Waals surface area contributed by atoms with Gasteiger partial charge in [0.15, 0.2) is 0 Å². The van der Waals surface area contributed by atoms with Crippen molar-refractivity contribution in [2.75, 3.05) is 26.8 Å². The number of alkyl halides is 3. The molecule has 1 heterocycles. The van der Waals surface area contributed by atoms with E-state index in [0.717, 1.165) is 12.1 Å². The highest BCUT2D eigenvalue weighted by Crippen LogP contribution is 2.30. The Morgan fingerprint density at radius 1 is 1.35 bits per heavy atom. The second-order valence-electron chi connectivity index (χ2n) is 6.13. The number of ether oxygens (including phenoxy) is 1. The smallest absolute Gasteiger partial charge is 0.383 e. The molecule has 0 aromatic heterocycles. The van der Waals surface area contributed by atoms with Crippen LogP contribution >= 0.6 is 0 Å². The molecule has 26 heavy (non-hydrogen) atoms. The molecular weight excluding hydrogens is 356 g/mol. The molecule has 1 aromatic carbocycles. The summed E-state index contributed by atoms with van der Waals surface area (Å²) in [5.41, 5.74) is -1.08. The number of nitrogens with one attached hydrogen (secondary N) is 1. The number of hydrogen-bond donors (Lipinski definition) is 1. The van der Waals surface area contributed by atoms with Crippen LogP contribution in [0.1, 0.15) is 24.0 Å². The summed E-state index contributed by atoms with van der Waals surface area (Å²) in [5.74, 6) is -1.91. The fourth-order valence-corrected chi connectivity index (χ4v) is 2.80. The van der Waals surface area contributed by atoms with E-state index in [1.165, 1.54) is 12.0 Å². The Balaban J connectivity index is 1.96. The second-order valence-corrected chi connectivity index (χ2v) is 6.13. The highest BCUT2D eigenvalue weighted by atomic mass is 19.4. The minimum absolute atomic E-state index is 0.0220. The zero-order valence-electron chi connectivity index (χ0n) is 14.2. The van der Waals surface area contributed by atoms with Crippen molar-refractivity contribution in [3.05, 3.63) is 35.1 Å². The Morgan fingerprint density at radius 3 is 2.73 bits per heavy atom. The van der Waals surface area contributed by atoms with Crippen LogP contribution in [0.15, 0.2) is 18.2 Å². The maximum absolute atomic E-state index is 13.4. The van der Waals surface area contributed by atoms with Crippen LogP contribution in [0.2, 0.25) is 0 Å². The van der Waals surface area contributed by atoms with Crippen molar-refractivity contribution >= 4 is 11.8 Å². The van der Waals surface area contributed by atoms with Crippen LogP contribution in [-0.4, -0.2) is 43.5 Å². The second kappa shape index (κ2) is 8.48. The molecule has 1 unspecified atom stereocenters. The number of rotatable bonds is 6. The summed E-state index contributed by atoms with van der Waals surface area (Å²) in [6, 6.07) is 2.16. The number of nitrogens with zero attached hydrogens (tertiary/aromatic N) is 1. The summed E-state index contributed by atoms with van der Waals surface area (Å²) in [5, 5.41) is 2.52. The van der Waals surface area contributed by atoms with Crippen molar-refractivity contribution < 1.29 is 31.9 Å². The number of methoxy groups -OCH3 is 1. The average Bonchev–Trinajstić information content (AvgIpc) is 2.57. The highest BCUT2D eigenvalue weighted by molar-refractivity contribution is 5.83. The molecule has 1 atom stereocenters. The lowest BCUT2D eigenvalue weighted by molar-refractivity contribution is -0.139. The first-order chi connectivity index (χ1) is 12.2. The number of halogens is 4. The summed E-state index contributed by atoms with van der Waals surface area (Å²) in [6.07, 6.45) is -4.07. The minimum Gasteiger partial charge on any atom is -0.383 e. The number of piperidine rings is 1. The molecule has 9 heteroatoms. The fraction of sp³-hybridized carbons (Fsp3) is 0.529. The van der Waals surface area contributed by atoms with Crippen molar-refractivity contribution in [3.63, 3.8) is 0 Å². The molecule has 144 valence electrons. The molecule has 0 saturated carbocycles. The van der Waals surface area contributed by atoms with E-state index < -0.39 is 23.5 Å². The summed E-state index contributed by atoms with van der Waals surface area (Å²) in [6.45, 7) is 0.731. The van der Waals surface area contributed by atoms with E-state index in [9.17, 15) is 27.2 Å². The Labute approximate surface area is 148 Å². The van der Waals surface area contributed by atoms with Gasteiger partial charge in [0.05, 0.1) is 18.1 Å². The third-order valence-electron chi connectivity index (χ3n) is 4.19. The molecule has 2 amide bonds. The number of carbonyl (C=O) groups excluding carboxylic acids is 2. The van der Waals surface area contributed by atoms with E-state index in [1.807, 2.05) is 0 Å². The van der Waals surface area contributed by atoms with Gasteiger partial charge in [0, 0.05) is 33.2 Å². The van der Waals surface area contributed by atoms with E-state index in [2.05, 4.69) is 5.32 Å². The van der Waals surface area contributed by atoms with Gasteiger partial charge < -0.3 is 15.0 Å². The monoisotopic (exact) mass is 376 g/mol. The Morgan fingerprint density at radius 2 is 2.08 bits per heavy atom. The molecule has 0 spiro atoms. The first-order valence-electron chi connectivity index (χ1n) is 8.12. The minimum atomic E-state index is -4.66. The maximum Gasteiger partial charge on any atom is 0.416 e. The molecule has 1 aromatic rings. The predicted octanol–water partition coefficient (Wildman–Crippen LogP) is 2.35. The molecule has 1 fully saturated rings. The molecule has 0 aliphatic carbocycles. The molecule has 2 rings (SSSR count). The molecule has 1 N–H and O–H groups in total. The quantitative estimate of drug-likeness (QED) is 0.776. The van der Waals surface area contributed by atoms with Gasteiger partial charge in [-0.3, -0.25) is 9.59 Å². The average molecular weight is 376 g/mol. The Bertz CT molecular complexity index is 664. The Kier molecular flexibility index (Phi) is 6.57. The SMILES string of the molecule is COCCN1CC(C(=O)NCc2cc(F)cc(C(F)(F)F)c2)CCC1=O. The number of amides is 2.